The first-order valence-corrected chi connectivity index (χ1v) is 7.02. The molecule has 0 radical (unpaired) electrons. The minimum Gasteiger partial charge on any atom is -0.384 e. The summed E-state index contributed by atoms with van der Waals surface area (Å²) >= 11 is 0. The molecule has 22 heavy (non-hydrogen) atoms. The Morgan fingerprint density at radius 2 is 1.82 bits per heavy atom. The standard InChI is InChI=1S/C17H18F2N2O/c1-11-3-4-12(2)16(9-11)20-8-7-17(22)21-15-6-5-13(18)10-14(15)19/h3-6,9-10,20H,7-8H2,1-2H3,(H,21,22). The number of hydrogen-bond donors (Lipinski definition) is 2. The van der Waals surface area contributed by atoms with Crippen LogP contribution in [0, 0.1) is 25.5 Å². The number of aryl methyl sites for hydroxylation is 2. The Balaban J connectivity index is 1.86. The van der Waals surface area contributed by atoms with Crippen LogP contribution in [0.2, 0.25) is 0 Å². The Kier molecular flexibility index (Phi) is 5.09. The van der Waals surface area contributed by atoms with E-state index >= 15 is 0 Å². The first-order chi connectivity index (χ1) is 10.5. The normalized spacial score (nSPS) is 10.4. The van der Waals surface area contributed by atoms with E-state index in [0.717, 1.165) is 28.9 Å². The van der Waals surface area contributed by atoms with Crippen LogP contribution in [0.3, 0.4) is 0 Å². The molecule has 116 valence electrons. The Morgan fingerprint density at radius 1 is 1.05 bits per heavy atom. The highest BCUT2D eigenvalue weighted by molar-refractivity contribution is 5.91. The van der Waals surface area contributed by atoms with E-state index in [-0.39, 0.29) is 18.0 Å². The van der Waals surface area contributed by atoms with Crippen LogP contribution in [0.5, 0.6) is 0 Å². The Labute approximate surface area is 128 Å². The van der Waals surface area contributed by atoms with Crippen molar-refractivity contribution in [1.82, 2.24) is 0 Å². The van der Waals surface area contributed by atoms with Crippen LogP contribution in [-0.4, -0.2) is 12.5 Å². The summed E-state index contributed by atoms with van der Waals surface area (Å²) in [6.07, 6.45) is 0.185. The topological polar surface area (TPSA) is 41.1 Å². The quantitative estimate of drug-likeness (QED) is 0.876. The Hall–Kier alpha value is -2.43. The molecule has 2 rings (SSSR count). The minimum absolute atomic E-state index is 0.0156. The molecule has 0 aliphatic rings. The van der Waals surface area contributed by atoms with Crippen LogP contribution in [0.15, 0.2) is 36.4 Å². The van der Waals surface area contributed by atoms with Gasteiger partial charge in [0.1, 0.15) is 11.6 Å². The number of carbonyl (C=O) groups excluding carboxylic acids is 1. The van der Waals surface area contributed by atoms with E-state index in [1.54, 1.807) is 0 Å². The van der Waals surface area contributed by atoms with Crippen LogP contribution in [-0.2, 0) is 4.79 Å². The predicted molar refractivity (Wildman–Crippen MR) is 84.0 cm³/mol. The van der Waals surface area contributed by atoms with Gasteiger partial charge in [-0.15, -0.1) is 0 Å². The highest BCUT2D eigenvalue weighted by atomic mass is 19.1. The van der Waals surface area contributed by atoms with Gasteiger partial charge in [0.2, 0.25) is 5.91 Å². The number of carbonyl (C=O) groups is 1. The van der Waals surface area contributed by atoms with Crippen molar-refractivity contribution in [3.8, 4) is 0 Å². The summed E-state index contributed by atoms with van der Waals surface area (Å²) < 4.78 is 26.2. The molecule has 0 aliphatic carbocycles. The van der Waals surface area contributed by atoms with Gasteiger partial charge < -0.3 is 10.6 Å². The largest absolute Gasteiger partial charge is 0.384 e. The van der Waals surface area contributed by atoms with E-state index in [1.165, 1.54) is 6.07 Å². The van der Waals surface area contributed by atoms with Gasteiger partial charge >= 0.3 is 0 Å². The third-order valence-electron chi connectivity index (χ3n) is 3.27. The van der Waals surface area contributed by atoms with Crippen LogP contribution in [0.25, 0.3) is 0 Å². The number of halogens is 2. The Bertz CT molecular complexity index is 686. The molecule has 0 aromatic heterocycles. The van der Waals surface area contributed by atoms with Gasteiger partial charge in [0, 0.05) is 24.7 Å². The summed E-state index contributed by atoms with van der Waals surface area (Å²) in [6, 6.07) is 9.08. The molecule has 2 aromatic carbocycles. The van der Waals surface area contributed by atoms with Crippen LogP contribution in [0.4, 0.5) is 20.2 Å². The number of hydrogen-bond acceptors (Lipinski definition) is 2. The number of anilines is 2. The third kappa shape index (κ3) is 4.28. The summed E-state index contributed by atoms with van der Waals surface area (Å²) in [5.41, 5.74) is 3.18. The lowest BCUT2D eigenvalue weighted by molar-refractivity contribution is -0.116. The molecule has 2 aromatic rings. The molecule has 0 bridgehead atoms. The molecule has 0 aliphatic heterocycles. The van der Waals surface area contributed by atoms with Crippen molar-refractivity contribution < 1.29 is 13.6 Å². The highest BCUT2D eigenvalue weighted by Gasteiger charge is 2.08. The SMILES string of the molecule is Cc1ccc(C)c(NCCC(=O)Nc2ccc(F)cc2F)c1. The summed E-state index contributed by atoms with van der Waals surface area (Å²) in [5, 5.41) is 5.61. The van der Waals surface area contributed by atoms with E-state index in [0.29, 0.717) is 6.54 Å². The molecule has 0 atom stereocenters. The summed E-state index contributed by atoms with van der Waals surface area (Å²) in [7, 11) is 0. The van der Waals surface area contributed by atoms with E-state index in [2.05, 4.69) is 10.6 Å². The molecule has 3 nitrogen and oxygen atoms in total. The van der Waals surface area contributed by atoms with Gasteiger partial charge in [-0.2, -0.15) is 0 Å². The summed E-state index contributed by atoms with van der Waals surface area (Å²) in [4.78, 5) is 11.8. The fourth-order valence-corrected chi connectivity index (χ4v) is 2.04. The smallest absolute Gasteiger partial charge is 0.226 e. The summed E-state index contributed by atoms with van der Waals surface area (Å²) in [5.74, 6) is -1.79. The van der Waals surface area contributed by atoms with Crippen molar-refractivity contribution in [2.75, 3.05) is 17.2 Å². The fraction of sp³-hybridized carbons (Fsp3) is 0.235. The predicted octanol–water partition coefficient (Wildman–Crippen LogP) is 4.02. The molecular weight excluding hydrogens is 286 g/mol. The van der Waals surface area contributed by atoms with Crippen molar-refractivity contribution in [1.29, 1.82) is 0 Å². The first-order valence-electron chi connectivity index (χ1n) is 7.02. The van der Waals surface area contributed by atoms with Crippen molar-refractivity contribution in [3.63, 3.8) is 0 Å². The Morgan fingerprint density at radius 3 is 2.55 bits per heavy atom. The van der Waals surface area contributed by atoms with E-state index in [9.17, 15) is 13.6 Å². The van der Waals surface area contributed by atoms with E-state index in [1.807, 2.05) is 32.0 Å². The van der Waals surface area contributed by atoms with Gasteiger partial charge in [-0.1, -0.05) is 12.1 Å². The maximum Gasteiger partial charge on any atom is 0.226 e. The zero-order chi connectivity index (χ0) is 16.1. The number of nitrogens with one attached hydrogen (secondary N) is 2. The molecule has 5 heteroatoms. The fourth-order valence-electron chi connectivity index (χ4n) is 2.04. The monoisotopic (exact) mass is 304 g/mol. The molecule has 1 amide bonds. The van der Waals surface area contributed by atoms with Crippen molar-refractivity contribution in [2.45, 2.75) is 20.3 Å². The lowest BCUT2D eigenvalue weighted by atomic mass is 10.1. The van der Waals surface area contributed by atoms with E-state index < -0.39 is 11.6 Å². The van der Waals surface area contributed by atoms with Gasteiger partial charge in [-0.05, 0) is 43.2 Å². The maximum atomic E-state index is 13.4. The second-order valence-electron chi connectivity index (χ2n) is 5.17. The van der Waals surface area contributed by atoms with Gasteiger partial charge in [0.25, 0.3) is 0 Å². The molecule has 2 N–H and O–H groups in total. The average Bonchev–Trinajstić information content (AvgIpc) is 2.46. The summed E-state index contributed by atoms with van der Waals surface area (Å²) in [6.45, 7) is 4.41. The molecule has 0 spiro atoms. The van der Waals surface area contributed by atoms with Crippen LogP contribution < -0.4 is 10.6 Å². The van der Waals surface area contributed by atoms with Crippen LogP contribution >= 0.6 is 0 Å². The minimum atomic E-state index is -0.782. The second-order valence-corrected chi connectivity index (χ2v) is 5.17. The number of benzene rings is 2. The van der Waals surface area contributed by atoms with Crippen molar-refractivity contribution in [3.05, 3.63) is 59.2 Å². The first kappa shape index (κ1) is 15.9. The molecule has 0 saturated carbocycles. The molecule has 0 heterocycles. The maximum absolute atomic E-state index is 13.4. The lowest BCUT2D eigenvalue weighted by Gasteiger charge is -2.11. The zero-order valence-electron chi connectivity index (χ0n) is 12.5. The molecule has 0 saturated heterocycles. The molecular formula is C17H18F2N2O. The van der Waals surface area contributed by atoms with Crippen LogP contribution in [0.1, 0.15) is 17.5 Å². The second kappa shape index (κ2) is 7.02. The average molecular weight is 304 g/mol. The van der Waals surface area contributed by atoms with Gasteiger partial charge in [0.05, 0.1) is 5.69 Å². The third-order valence-corrected chi connectivity index (χ3v) is 3.27. The molecule has 0 unspecified atom stereocenters. The van der Waals surface area contributed by atoms with Crippen molar-refractivity contribution in [2.24, 2.45) is 0 Å². The van der Waals surface area contributed by atoms with Gasteiger partial charge in [-0.3, -0.25) is 4.79 Å². The van der Waals surface area contributed by atoms with Crippen molar-refractivity contribution >= 4 is 17.3 Å². The van der Waals surface area contributed by atoms with E-state index in [4.69, 9.17) is 0 Å². The number of amides is 1. The lowest BCUT2D eigenvalue weighted by Crippen LogP contribution is -2.17. The molecule has 0 fully saturated rings. The highest BCUT2D eigenvalue weighted by Crippen LogP contribution is 2.17. The van der Waals surface area contributed by atoms with Gasteiger partial charge in [-0.25, -0.2) is 8.78 Å². The number of rotatable bonds is 5. The van der Waals surface area contributed by atoms with Gasteiger partial charge in [0.15, 0.2) is 0 Å². The zero-order valence-corrected chi connectivity index (χ0v) is 12.5.